The summed E-state index contributed by atoms with van der Waals surface area (Å²) >= 11 is 0. The third kappa shape index (κ3) is 4.23. The predicted octanol–water partition coefficient (Wildman–Crippen LogP) is 3.50. The van der Waals surface area contributed by atoms with E-state index in [1.54, 1.807) is 18.5 Å². The van der Waals surface area contributed by atoms with Gasteiger partial charge in [0.2, 0.25) is 0 Å². The number of hydrogen-bond acceptors (Lipinski definition) is 2. The lowest BCUT2D eigenvalue weighted by molar-refractivity contribution is -0.141. The van der Waals surface area contributed by atoms with Crippen molar-refractivity contribution in [3.8, 4) is 0 Å². The number of nitrogens with one attached hydrogen (secondary N) is 1. The van der Waals surface area contributed by atoms with Crippen LogP contribution in [0.1, 0.15) is 56.3 Å². The molecule has 0 bridgehead atoms. The number of carbonyl (C=O) groups excluding carboxylic acids is 1. The van der Waals surface area contributed by atoms with Crippen molar-refractivity contribution in [2.75, 3.05) is 0 Å². The summed E-state index contributed by atoms with van der Waals surface area (Å²) in [7, 11) is 0. The SMILES string of the molecule is CCCCCC(CC)C(C(=O)O)C(=O)c1cc[nH]c1. The quantitative estimate of drug-likeness (QED) is 0.408. The molecule has 0 saturated carbocycles. The van der Waals surface area contributed by atoms with E-state index in [-0.39, 0.29) is 11.7 Å². The summed E-state index contributed by atoms with van der Waals surface area (Å²) in [6.45, 7) is 4.07. The topological polar surface area (TPSA) is 70.2 Å². The van der Waals surface area contributed by atoms with Gasteiger partial charge in [0.15, 0.2) is 5.78 Å². The Morgan fingerprint density at radius 2 is 2.05 bits per heavy atom. The Morgan fingerprint density at radius 3 is 2.53 bits per heavy atom. The first-order valence-electron chi connectivity index (χ1n) is 7.01. The number of H-pyrrole nitrogens is 1. The standard InChI is InChI=1S/C15H23NO3/c1-3-5-6-7-11(4-2)13(15(18)19)14(17)12-8-9-16-10-12/h8-11,13,16H,3-7H2,1-2H3,(H,18,19). The Kier molecular flexibility index (Phi) is 6.33. The number of aromatic nitrogens is 1. The van der Waals surface area contributed by atoms with E-state index in [0.717, 1.165) is 32.1 Å². The summed E-state index contributed by atoms with van der Waals surface area (Å²) in [5.74, 6) is -2.28. The Morgan fingerprint density at radius 1 is 1.32 bits per heavy atom. The number of unbranched alkanes of at least 4 members (excludes halogenated alkanes) is 2. The monoisotopic (exact) mass is 265 g/mol. The van der Waals surface area contributed by atoms with E-state index >= 15 is 0 Å². The van der Waals surface area contributed by atoms with Gasteiger partial charge in [0.25, 0.3) is 0 Å². The highest BCUT2D eigenvalue weighted by molar-refractivity contribution is 6.08. The molecule has 0 spiro atoms. The number of Topliss-reactive ketones (excluding diaryl/α,β-unsaturated/α-hetero) is 1. The summed E-state index contributed by atoms with van der Waals surface area (Å²) in [4.78, 5) is 26.5. The minimum absolute atomic E-state index is 0.0774. The van der Waals surface area contributed by atoms with Crippen molar-refractivity contribution >= 4 is 11.8 Å². The Bertz CT molecular complexity index is 398. The Balaban J connectivity index is 2.80. The number of aliphatic carboxylic acids is 1. The molecule has 19 heavy (non-hydrogen) atoms. The fourth-order valence-corrected chi connectivity index (χ4v) is 2.45. The first-order valence-corrected chi connectivity index (χ1v) is 7.01. The molecule has 0 aliphatic carbocycles. The molecule has 0 radical (unpaired) electrons. The molecule has 4 heteroatoms. The van der Waals surface area contributed by atoms with Crippen LogP contribution in [-0.2, 0) is 4.79 Å². The van der Waals surface area contributed by atoms with Crippen LogP contribution in [0, 0.1) is 11.8 Å². The van der Waals surface area contributed by atoms with Gasteiger partial charge in [0.05, 0.1) is 0 Å². The average molecular weight is 265 g/mol. The van der Waals surface area contributed by atoms with Gasteiger partial charge in [0.1, 0.15) is 5.92 Å². The predicted molar refractivity (Wildman–Crippen MR) is 74.2 cm³/mol. The van der Waals surface area contributed by atoms with Gasteiger partial charge in [-0.1, -0.05) is 39.5 Å². The minimum atomic E-state index is -1.01. The molecular weight excluding hydrogens is 242 g/mol. The van der Waals surface area contributed by atoms with Crippen LogP contribution in [0.4, 0.5) is 0 Å². The number of rotatable bonds is 9. The molecule has 0 amide bonds. The molecule has 0 fully saturated rings. The normalized spacial score (nSPS) is 14.0. The molecule has 2 unspecified atom stereocenters. The highest BCUT2D eigenvalue weighted by Crippen LogP contribution is 2.26. The van der Waals surface area contributed by atoms with E-state index in [4.69, 9.17) is 0 Å². The maximum atomic E-state index is 12.3. The van der Waals surface area contributed by atoms with E-state index < -0.39 is 11.9 Å². The van der Waals surface area contributed by atoms with E-state index in [1.807, 2.05) is 6.92 Å². The fourth-order valence-electron chi connectivity index (χ4n) is 2.45. The maximum absolute atomic E-state index is 12.3. The molecule has 1 heterocycles. The summed E-state index contributed by atoms with van der Waals surface area (Å²) in [5, 5.41) is 9.37. The number of aromatic amines is 1. The van der Waals surface area contributed by atoms with Crippen LogP contribution in [-0.4, -0.2) is 21.8 Å². The van der Waals surface area contributed by atoms with Gasteiger partial charge >= 0.3 is 5.97 Å². The molecule has 1 aromatic rings. The first-order chi connectivity index (χ1) is 9.11. The van der Waals surface area contributed by atoms with Crippen molar-refractivity contribution in [2.24, 2.45) is 11.8 Å². The molecule has 0 aliphatic heterocycles. The van der Waals surface area contributed by atoms with Crippen molar-refractivity contribution in [2.45, 2.75) is 46.0 Å². The zero-order valence-corrected chi connectivity index (χ0v) is 11.7. The Hall–Kier alpha value is -1.58. The minimum Gasteiger partial charge on any atom is -0.481 e. The number of hydrogen-bond donors (Lipinski definition) is 2. The van der Waals surface area contributed by atoms with E-state index in [2.05, 4.69) is 11.9 Å². The summed E-state index contributed by atoms with van der Waals surface area (Å²) in [6, 6.07) is 1.64. The van der Waals surface area contributed by atoms with Crippen molar-refractivity contribution in [1.29, 1.82) is 0 Å². The molecule has 1 rings (SSSR count). The van der Waals surface area contributed by atoms with Crippen molar-refractivity contribution < 1.29 is 14.7 Å². The molecule has 106 valence electrons. The van der Waals surface area contributed by atoms with Gasteiger partial charge < -0.3 is 10.1 Å². The van der Waals surface area contributed by atoms with E-state index in [1.165, 1.54) is 0 Å². The van der Waals surface area contributed by atoms with Crippen LogP contribution in [0.15, 0.2) is 18.5 Å². The Labute approximate surface area is 114 Å². The van der Waals surface area contributed by atoms with Gasteiger partial charge in [-0.3, -0.25) is 9.59 Å². The second-order valence-electron chi connectivity index (χ2n) is 4.94. The van der Waals surface area contributed by atoms with Crippen molar-refractivity contribution in [3.05, 3.63) is 24.0 Å². The van der Waals surface area contributed by atoms with Crippen molar-refractivity contribution in [3.63, 3.8) is 0 Å². The third-order valence-corrected chi connectivity index (χ3v) is 3.61. The average Bonchev–Trinajstić information content (AvgIpc) is 2.90. The zero-order valence-electron chi connectivity index (χ0n) is 11.7. The molecule has 0 saturated heterocycles. The summed E-state index contributed by atoms with van der Waals surface area (Å²) in [6.07, 6.45) is 7.90. The number of ketones is 1. The highest BCUT2D eigenvalue weighted by Gasteiger charge is 2.34. The zero-order chi connectivity index (χ0) is 14.3. The van der Waals surface area contributed by atoms with Crippen LogP contribution in [0.3, 0.4) is 0 Å². The lowest BCUT2D eigenvalue weighted by atomic mass is 9.81. The van der Waals surface area contributed by atoms with Crippen LogP contribution >= 0.6 is 0 Å². The van der Waals surface area contributed by atoms with Crippen molar-refractivity contribution in [1.82, 2.24) is 4.98 Å². The summed E-state index contributed by atoms with van der Waals surface area (Å²) in [5.41, 5.74) is 0.460. The van der Waals surface area contributed by atoms with Crippen LogP contribution < -0.4 is 0 Å². The smallest absolute Gasteiger partial charge is 0.314 e. The third-order valence-electron chi connectivity index (χ3n) is 3.61. The highest BCUT2D eigenvalue weighted by atomic mass is 16.4. The van der Waals surface area contributed by atoms with Gasteiger partial charge in [-0.25, -0.2) is 0 Å². The largest absolute Gasteiger partial charge is 0.481 e. The maximum Gasteiger partial charge on any atom is 0.314 e. The number of carbonyl (C=O) groups is 2. The van der Waals surface area contributed by atoms with Crippen LogP contribution in [0.25, 0.3) is 0 Å². The van der Waals surface area contributed by atoms with E-state index in [0.29, 0.717) is 5.56 Å². The molecule has 2 atom stereocenters. The van der Waals surface area contributed by atoms with Gasteiger partial charge in [-0.2, -0.15) is 0 Å². The van der Waals surface area contributed by atoms with Gasteiger partial charge in [0, 0.05) is 18.0 Å². The molecule has 0 aromatic carbocycles. The molecular formula is C15H23NO3. The molecule has 0 aliphatic rings. The first kappa shape index (κ1) is 15.5. The second kappa shape index (κ2) is 7.77. The number of carboxylic acid groups (broad SMARTS) is 1. The number of carboxylic acids is 1. The van der Waals surface area contributed by atoms with Gasteiger partial charge in [-0.15, -0.1) is 0 Å². The second-order valence-corrected chi connectivity index (χ2v) is 4.94. The summed E-state index contributed by atoms with van der Waals surface area (Å²) < 4.78 is 0. The van der Waals surface area contributed by atoms with Crippen LogP contribution in [0.5, 0.6) is 0 Å². The molecule has 2 N–H and O–H groups in total. The molecule has 4 nitrogen and oxygen atoms in total. The lowest BCUT2D eigenvalue weighted by Gasteiger charge is -2.21. The van der Waals surface area contributed by atoms with Crippen LogP contribution in [0.2, 0.25) is 0 Å². The van der Waals surface area contributed by atoms with Gasteiger partial charge in [-0.05, 0) is 18.4 Å². The molecule has 1 aromatic heterocycles. The lowest BCUT2D eigenvalue weighted by Crippen LogP contribution is -2.31. The van der Waals surface area contributed by atoms with E-state index in [9.17, 15) is 14.7 Å². The fraction of sp³-hybridized carbons (Fsp3) is 0.600.